The lowest BCUT2D eigenvalue weighted by atomic mass is 10.2. The van der Waals surface area contributed by atoms with Crippen molar-refractivity contribution in [3.8, 4) is 5.75 Å². The summed E-state index contributed by atoms with van der Waals surface area (Å²) < 4.78 is 10.3. The predicted molar refractivity (Wildman–Crippen MR) is 86.2 cm³/mol. The minimum atomic E-state index is -0.441. The first-order valence-electron chi connectivity index (χ1n) is 6.82. The summed E-state index contributed by atoms with van der Waals surface area (Å²) in [7, 11) is 1.52. The number of nitrogens with zero attached hydrogens (tertiary/aromatic N) is 1. The van der Waals surface area contributed by atoms with Gasteiger partial charge in [-0.15, -0.1) is 0 Å². The van der Waals surface area contributed by atoms with Crippen LogP contribution in [0, 0.1) is 10.1 Å². The van der Waals surface area contributed by atoms with Crippen LogP contribution < -0.4 is 4.74 Å². The molecule has 2 aromatic carbocycles. The number of carbonyl (C=O) groups is 1. The molecule has 0 saturated carbocycles. The Morgan fingerprint density at radius 3 is 2.48 bits per heavy atom. The standard InChI is InChI=1S/C16H15NO5S/c1-3-22-16(18)11-4-9-15(14(10-11)21-2)23-13-7-5-12(6-8-13)17(19)20/h4-10H,3H2,1-2H3. The summed E-state index contributed by atoms with van der Waals surface area (Å²) in [5.41, 5.74) is 0.454. The van der Waals surface area contributed by atoms with E-state index in [0.717, 1.165) is 9.79 Å². The second kappa shape index (κ2) is 7.64. The topological polar surface area (TPSA) is 78.7 Å². The third-order valence-corrected chi connectivity index (χ3v) is 4.02. The lowest BCUT2D eigenvalue weighted by Gasteiger charge is -2.10. The molecular weight excluding hydrogens is 318 g/mol. The smallest absolute Gasteiger partial charge is 0.338 e. The highest BCUT2D eigenvalue weighted by Crippen LogP contribution is 2.36. The molecule has 0 bridgehead atoms. The number of hydrogen-bond acceptors (Lipinski definition) is 6. The molecule has 0 spiro atoms. The van der Waals surface area contributed by atoms with Crippen molar-refractivity contribution >= 4 is 23.4 Å². The van der Waals surface area contributed by atoms with E-state index in [0.29, 0.717) is 17.9 Å². The summed E-state index contributed by atoms with van der Waals surface area (Å²) in [4.78, 5) is 23.6. The second-order valence-corrected chi connectivity index (χ2v) is 5.55. The highest BCUT2D eigenvalue weighted by molar-refractivity contribution is 7.99. The largest absolute Gasteiger partial charge is 0.496 e. The zero-order valence-corrected chi connectivity index (χ0v) is 13.5. The molecule has 0 aliphatic carbocycles. The molecule has 0 amide bonds. The molecule has 6 nitrogen and oxygen atoms in total. The number of methoxy groups -OCH3 is 1. The quantitative estimate of drug-likeness (QED) is 0.453. The van der Waals surface area contributed by atoms with Crippen molar-refractivity contribution in [1.29, 1.82) is 0 Å². The fourth-order valence-electron chi connectivity index (χ4n) is 1.86. The van der Waals surface area contributed by atoms with E-state index >= 15 is 0 Å². The van der Waals surface area contributed by atoms with Gasteiger partial charge >= 0.3 is 5.97 Å². The number of nitro benzene ring substituents is 1. The van der Waals surface area contributed by atoms with Crippen molar-refractivity contribution in [3.05, 3.63) is 58.1 Å². The lowest BCUT2D eigenvalue weighted by molar-refractivity contribution is -0.384. The van der Waals surface area contributed by atoms with Gasteiger partial charge in [0.25, 0.3) is 5.69 Å². The van der Waals surface area contributed by atoms with Gasteiger partial charge in [0.1, 0.15) is 5.75 Å². The zero-order valence-electron chi connectivity index (χ0n) is 12.6. The van der Waals surface area contributed by atoms with Gasteiger partial charge in [0.15, 0.2) is 0 Å². The highest BCUT2D eigenvalue weighted by atomic mass is 32.2. The van der Waals surface area contributed by atoms with Crippen LogP contribution >= 0.6 is 11.8 Å². The zero-order chi connectivity index (χ0) is 16.8. The van der Waals surface area contributed by atoms with Crippen molar-refractivity contribution in [2.24, 2.45) is 0 Å². The van der Waals surface area contributed by atoms with E-state index in [1.54, 1.807) is 37.3 Å². The number of rotatable bonds is 6. The van der Waals surface area contributed by atoms with Crippen LogP contribution in [0.3, 0.4) is 0 Å². The maximum absolute atomic E-state index is 11.7. The Kier molecular flexibility index (Phi) is 5.59. The molecule has 0 aliphatic heterocycles. The predicted octanol–water partition coefficient (Wildman–Crippen LogP) is 3.93. The molecule has 0 radical (unpaired) electrons. The number of benzene rings is 2. The van der Waals surface area contributed by atoms with Gasteiger partial charge in [0, 0.05) is 17.0 Å². The molecule has 0 N–H and O–H groups in total. The van der Waals surface area contributed by atoms with Gasteiger partial charge in [-0.2, -0.15) is 0 Å². The molecule has 7 heteroatoms. The lowest BCUT2D eigenvalue weighted by Crippen LogP contribution is -2.04. The maximum atomic E-state index is 11.7. The molecule has 0 heterocycles. The first-order valence-corrected chi connectivity index (χ1v) is 7.64. The number of nitro groups is 1. The maximum Gasteiger partial charge on any atom is 0.338 e. The summed E-state index contributed by atoms with van der Waals surface area (Å²) in [6, 6.07) is 11.3. The van der Waals surface area contributed by atoms with Crippen LogP contribution in [0.1, 0.15) is 17.3 Å². The first kappa shape index (κ1) is 16.8. The third kappa shape index (κ3) is 4.23. The van der Waals surface area contributed by atoms with Crippen molar-refractivity contribution in [3.63, 3.8) is 0 Å². The number of hydrogen-bond donors (Lipinski definition) is 0. The minimum Gasteiger partial charge on any atom is -0.496 e. The van der Waals surface area contributed by atoms with Gasteiger partial charge < -0.3 is 9.47 Å². The Bertz CT molecular complexity index is 715. The Morgan fingerprint density at radius 1 is 1.22 bits per heavy atom. The van der Waals surface area contributed by atoms with Gasteiger partial charge in [-0.1, -0.05) is 11.8 Å². The van der Waals surface area contributed by atoms with Crippen molar-refractivity contribution in [1.82, 2.24) is 0 Å². The SMILES string of the molecule is CCOC(=O)c1ccc(Sc2ccc([N+](=O)[O-])cc2)c(OC)c1. The molecule has 0 fully saturated rings. The Labute approximate surface area is 137 Å². The van der Waals surface area contributed by atoms with Crippen molar-refractivity contribution in [2.45, 2.75) is 16.7 Å². The highest BCUT2D eigenvalue weighted by Gasteiger charge is 2.12. The number of carbonyl (C=O) groups excluding carboxylic acids is 1. The monoisotopic (exact) mass is 333 g/mol. The third-order valence-electron chi connectivity index (χ3n) is 2.95. The number of esters is 1. The summed E-state index contributed by atoms with van der Waals surface area (Å²) in [6.07, 6.45) is 0. The Hall–Kier alpha value is -2.54. The molecule has 0 aromatic heterocycles. The second-order valence-electron chi connectivity index (χ2n) is 4.44. The Balaban J connectivity index is 2.22. The van der Waals surface area contributed by atoms with Crippen LogP contribution in [0.25, 0.3) is 0 Å². The molecule has 2 aromatic rings. The van der Waals surface area contributed by atoms with E-state index in [9.17, 15) is 14.9 Å². The molecular formula is C16H15NO5S. The van der Waals surface area contributed by atoms with E-state index in [1.165, 1.54) is 31.0 Å². The average molecular weight is 333 g/mol. The molecule has 0 unspecified atom stereocenters. The van der Waals surface area contributed by atoms with Gasteiger partial charge in [0.05, 0.1) is 29.1 Å². The van der Waals surface area contributed by atoms with E-state index < -0.39 is 10.9 Å². The van der Waals surface area contributed by atoms with Crippen LogP contribution in [0.5, 0.6) is 5.75 Å². The summed E-state index contributed by atoms with van der Waals surface area (Å²) >= 11 is 1.39. The van der Waals surface area contributed by atoms with Crippen molar-refractivity contribution < 1.29 is 19.2 Å². The van der Waals surface area contributed by atoms with Crippen molar-refractivity contribution in [2.75, 3.05) is 13.7 Å². The molecule has 120 valence electrons. The number of non-ortho nitro benzene ring substituents is 1. The van der Waals surface area contributed by atoms with Gasteiger partial charge in [0.2, 0.25) is 0 Å². The molecule has 0 atom stereocenters. The number of ether oxygens (including phenoxy) is 2. The van der Waals surface area contributed by atoms with Gasteiger partial charge in [-0.05, 0) is 37.3 Å². The average Bonchev–Trinajstić information content (AvgIpc) is 2.56. The summed E-state index contributed by atoms with van der Waals surface area (Å²) in [5, 5.41) is 10.7. The van der Waals surface area contributed by atoms with Crippen LogP contribution in [-0.2, 0) is 4.74 Å². The van der Waals surface area contributed by atoms with E-state index in [4.69, 9.17) is 9.47 Å². The van der Waals surface area contributed by atoms with E-state index in [2.05, 4.69) is 0 Å². The molecule has 0 saturated heterocycles. The van der Waals surface area contributed by atoms with Crippen LogP contribution in [0.15, 0.2) is 52.3 Å². The molecule has 2 rings (SSSR count). The normalized spacial score (nSPS) is 10.2. The molecule has 0 aliphatic rings. The van der Waals surface area contributed by atoms with E-state index in [1.807, 2.05) is 0 Å². The van der Waals surface area contributed by atoms with Gasteiger partial charge in [-0.3, -0.25) is 10.1 Å². The van der Waals surface area contributed by atoms with Crippen LogP contribution in [0.4, 0.5) is 5.69 Å². The fourth-order valence-corrected chi connectivity index (χ4v) is 2.76. The van der Waals surface area contributed by atoms with Crippen LogP contribution in [0.2, 0.25) is 0 Å². The summed E-state index contributed by atoms with van der Waals surface area (Å²) in [6.45, 7) is 2.05. The minimum absolute atomic E-state index is 0.0407. The van der Waals surface area contributed by atoms with Crippen LogP contribution in [-0.4, -0.2) is 24.6 Å². The van der Waals surface area contributed by atoms with Gasteiger partial charge in [-0.25, -0.2) is 4.79 Å². The van der Waals surface area contributed by atoms with E-state index in [-0.39, 0.29) is 5.69 Å². The molecule has 23 heavy (non-hydrogen) atoms. The summed E-state index contributed by atoms with van der Waals surface area (Å²) in [5.74, 6) is 0.136. The fraction of sp³-hybridized carbons (Fsp3) is 0.188. The Morgan fingerprint density at radius 2 is 1.91 bits per heavy atom. The first-order chi connectivity index (χ1) is 11.0.